The van der Waals surface area contributed by atoms with Crippen LogP contribution in [0.25, 0.3) is 10.9 Å². The number of amides is 1. The Kier molecular flexibility index (Phi) is 6.40. The Bertz CT molecular complexity index is 1050. The van der Waals surface area contributed by atoms with E-state index in [-0.39, 0.29) is 30.2 Å². The number of fused-ring (bicyclic) bond motifs is 1. The minimum absolute atomic E-state index is 0.0475. The van der Waals surface area contributed by atoms with E-state index in [1.807, 2.05) is 0 Å². The van der Waals surface area contributed by atoms with Gasteiger partial charge in [-0.1, -0.05) is 27.5 Å². The van der Waals surface area contributed by atoms with Crippen LogP contribution in [0.1, 0.15) is 16.1 Å². The van der Waals surface area contributed by atoms with Crippen molar-refractivity contribution < 1.29 is 19.1 Å². The molecule has 146 valence electrons. The molecule has 0 saturated carbocycles. The molecule has 1 heterocycles. The number of aliphatic hydroxyl groups excluding tert-OH is 1. The van der Waals surface area contributed by atoms with Crippen molar-refractivity contribution in [1.29, 1.82) is 0 Å². The Morgan fingerprint density at radius 2 is 2.11 bits per heavy atom. The van der Waals surface area contributed by atoms with Gasteiger partial charge in [-0.15, -0.1) is 0 Å². The van der Waals surface area contributed by atoms with Gasteiger partial charge in [0.05, 0.1) is 29.6 Å². The molecule has 2 aromatic carbocycles. The highest BCUT2D eigenvalue weighted by atomic mass is 79.9. The van der Waals surface area contributed by atoms with Crippen LogP contribution in [-0.4, -0.2) is 34.2 Å². The Morgan fingerprint density at radius 1 is 1.32 bits per heavy atom. The van der Waals surface area contributed by atoms with E-state index >= 15 is 0 Å². The zero-order valence-corrected chi connectivity index (χ0v) is 16.9. The Balaban J connectivity index is 1.94. The predicted octanol–water partition coefficient (Wildman–Crippen LogP) is 3.89. The Morgan fingerprint density at radius 3 is 2.82 bits per heavy atom. The molecule has 7 nitrogen and oxygen atoms in total. The van der Waals surface area contributed by atoms with Gasteiger partial charge in [-0.05, 0) is 37.3 Å². The summed E-state index contributed by atoms with van der Waals surface area (Å²) in [7, 11) is 0. The molecule has 0 spiro atoms. The Hall–Kier alpha value is -2.33. The number of aryl methyl sites for hydroxylation is 1. The molecule has 10 heteroatoms. The number of anilines is 2. The fourth-order valence-electron chi connectivity index (χ4n) is 2.46. The van der Waals surface area contributed by atoms with Gasteiger partial charge >= 0.3 is 0 Å². The fourth-order valence-corrected chi connectivity index (χ4v) is 3.18. The zero-order valence-electron chi connectivity index (χ0n) is 14.6. The van der Waals surface area contributed by atoms with Crippen LogP contribution in [0.4, 0.5) is 16.0 Å². The first kappa shape index (κ1) is 20.4. The van der Waals surface area contributed by atoms with E-state index in [9.17, 15) is 9.18 Å². The maximum absolute atomic E-state index is 14.6. The first-order valence-electron chi connectivity index (χ1n) is 8.12. The van der Waals surface area contributed by atoms with Gasteiger partial charge in [0, 0.05) is 15.4 Å². The van der Waals surface area contributed by atoms with Crippen LogP contribution in [0.2, 0.25) is 5.02 Å². The number of hydrogen-bond acceptors (Lipinski definition) is 6. The highest BCUT2D eigenvalue weighted by molar-refractivity contribution is 9.10. The molecular weight excluding hydrogens is 455 g/mol. The number of carbonyl (C=O) groups excluding carboxylic acids is 1. The summed E-state index contributed by atoms with van der Waals surface area (Å²) in [5, 5.41) is 12.5. The lowest BCUT2D eigenvalue weighted by Crippen LogP contribution is -2.25. The topological polar surface area (TPSA) is 96.4 Å². The van der Waals surface area contributed by atoms with Crippen molar-refractivity contribution in [3.8, 4) is 0 Å². The second kappa shape index (κ2) is 8.78. The van der Waals surface area contributed by atoms with Crippen LogP contribution in [-0.2, 0) is 4.84 Å². The van der Waals surface area contributed by atoms with E-state index in [4.69, 9.17) is 21.5 Å². The van der Waals surface area contributed by atoms with E-state index in [2.05, 4.69) is 36.7 Å². The SMILES string of the molecule is Cc1nc(Nc2ccc(Br)cc2Cl)nc2c(F)cc(C(=O)NOCCO)cc12. The van der Waals surface area contributed by atoms with Crippen molar-refractivity contribution in [2.45, 2.75) is 6.92 Å². The number of aliphatic hydroxyl groups is 1. The molecule has 0 fully saturated rings. The molecule has 1 amide bonds. The van der Waals surface area contributed by atoms with Crippen LogP contribution in [0.15, 0.2) is 34.8 Å². The van der Waals surface area contributed by atoms with Crippen molar-refractivity contribution >= 4 is 56.0 Å². The average Bonchev–Trinajstić information content (AvgIpc) is 2.65. The number of hydrogen-bond donors (Lipinski definition) is 3. The first-order chi connectivity index (χ1) is 13.4. The molecule has 0 bridgehead atoms. The summed E-state index contributed by atoms with van der Waals surface area (Å²) < 4.78 is 15.4. The van der Waals surface area contributed by atoms with Crippen molar-refractivity contribution in [1.82, 2.24) is 15.4 Å². The van der Waals surface area contributed by atoms with E-state index < -0.39 is 11.7 Å². The van der Waals surface area contributed by atoms with Crippen LogP contribution >= 0.6 is 27.5 Å². The summed E-state index contributed by atoms with van der Waals surface area (Å²) in [6.07, 6.45) is 0. The van der Waals surface area contributed by atoms with E-state index in [0.717, 1.165) is 10.5 Å². The lowest BCUT2D eigenvalue weighted by molar-refractivity contribution is 0.0168. The molecule has 0 saturated heterocycles. The molecule has 0 radical (unpaired) electrons. The number of carbonyl (C=O) groups is 1. The number of halogens is 3. The third kappa shape index (κ3) is 4.56. The molecular formula is C18H15BrClFN4O3. The van der Waals surface area contributed by atoms with Gasteiger partial charge in [-0.2, -0.15) is 0 Å². The van der Waals surface area contributed by atoms with Crippen LogP contribution in [0, 0.1) is 12.7 Å². The van der Waals surface area contributed by atoms with E-state index in [1.54, 1.807) is 25.1 Å². The lowest BCUT2D eigenvalue weighted by Gasteiger charge is -2.11. The van der Waals surface area contributed by atoms with E-state index in [1.165, 1.54) is 6.07 Å². The van der Waals surface area contributed by atoms with Gasteiger partial charge in [0.25, 0.3) is 5.91 Å². The molecule has 3 N–H and O–H groups in total. The quantitative estimate of drug-likeness (QED) is 0.374. The van der Waals surface area contributed by atoms with Crippen molar-refractivity contribution in [2.75, 3.05) is 18.5 Å². The van der Waals surface area contributed by atoms with Crippen LogP contribution < -0.4 is 10.8 Å². The van der Waals surface area contributed by atoms with Crippen molar-refractivity contribution in [3.05, 3.63) is 56.9 Å². The third-order valence-electron chi connectivity index (χ3n) is 3.74. The molecule has 3 rings (SSSR count). The monoisotopic (exact) mass is 468 g/mol. The summed E-state index contributed by atoms with van der Waals surface area (Å²) in [5.41, 5.74) is 3.29. The smallest absolute Gasteiger partial charge is 0.274 e. The van der Waals surface area contributed by atoms with Gasteiger partial charge in [-0.25, -0.2) is 19.8 Å². The highest BCUT2D eigenvalue weighted by Gasteiger charge is 2.15. The van der Waals surface area contributed by atoms with Gasteiger partial charge in [0.1, 0.15) is 11.3 Å². The molecule has 0 unspecified atom stereocenters. The van der Waals surface area contributed by atoms with Crippen molar-refractivity contribution in [3.63, 3.8) is 0 Å². The third-order valence-corrected chi connectivity index (χ3v) is 4.55. The summed E-state index contributed by atoms with van der Waals surface area (Å²) in [6.45, 7) is 1.36. The predicted molar refractivity (Wildman–Crippen MR) is 107 cm³/mol. The minimum atomic E-state index is -0.680. The first-order valence-corrected chi connectivity index (χ1v) is 9.29. The number of aromatic nitrogens is 2. The second-order valence-corrected chi connectivity index (χ2v) is 7.06. The number of nitrogens with zero attached hydrogens (tertiary/aromatic N) is 2. The molecule has 3 aromatic rings. The minimum Gasteiger partial charge on any atom is -0.394 e. The number of hydroxylamine groups is 1. The van der Waals surface area contributed by atoms with Crippen LogP contribution in [0.3, 0.4) is 0 Å². The van der Waals surface area contributed by atoms with E-state index in [0.29, 0.717) is 21.8 Å². The largest absolute Gasteiger partial charge is 0.394 e. The molecule has 28 heavy (non-hydrogen) atoms. The molecule has 0 aliphatic heterocycles. The zero-order chi connectivity index (χ0) is 20.3. The molecule has 0 aliphatic rings. The van der Waals surface area contributed by atoms with Gasteiger partial charge in [0.2, 0.25) is 5.95 Å². The van der Waals surface area contributed by atoms with Gasteiger partial charge in [-0.3, -0.25) is 9.63 Å². The van der Waals surface area contributed by atoms with Gasteiger partial charge < -0.3 is 10.4 Å². The molecule has 1 aromatic heterocycles. The normalized spacial score (nSPS) is 10.9. The summed E-state index contributed by atoms with van der Waals surface area (Å²) >= 11 is 9.51. The highest BCUT2D eigenvalue weighted by Crippen LogP contribution is 2.29. The lowest BCUT2D eigenvalue weighted by atomic mass is 10.1. The van der Waals surface area contributed by atoms with Crippen LogP contribution in [0.5, 0.6) is 0 Å². The maximum Gasteiger partial charge on any atom is 0.274 e. The molecule has 0 aliphatic carbocycles. The fraction of sp³-hybridized carbons (Fsp3) is 0.167. The number of rotatable bonds is 6. The second-order valence-electron chi connectivity index (χ2n) is 5.74. The van der Waals surface area contributed by atoms with Gasteiger partial charge in [0.15, 0.2) is 0 Å². The Labute approximate surface area is 173 Å². The maximum atomic E-state index is 14.6. The molecule has 0 atom stereocenters. The number of nitrogens with one attached hydrogen (secondary N) is 2. The number of benzene rings is 2. The summed E-state index contributed by atoms with van der Waals surface area (Å²) in [5.74, 6) is -1.14. The summed E-state index contributed by atoms with van der Waals surface area (Å²) in [6, 6.07) is 7.78. The standard InChI is InChI=1S/C18H15BrClFN4O3/c1-9-12-6-10(17(27)25-28-5-4-26)7-14(21)16(12)24-18(22-9)23-15-3-2-11(19)8-13(15)20/h2-3,6-8,26H,4-5H2,1H3,(H,25,27)(H,22,23,24). The van der Waals surface area contributed by atoms with Crippen molar-refractivity contribution in [2.24, 2.45) is 0 Å². The average molecular weight is 470 g/mol. The summed E-state index contributed by atoms with van der Waals surface area (Å²) in [4.78, 5) is 25.3.